The first-order valence-corrected chi connectivity index (χ1v) is 4.84. The van der Waals surface area contributed by atoms with Gasteiger partial charge in [0, 0.05) is 0 Å². The van der Waals surface area contributed by atoms with Crippen molar-refractivity contribution in [3.8, 4) is 11.8 Å². The molecule has 0 fully saturated rings. The lowest BCUT2D eigenvalue weighted by molar-refractivity contribution is -0.274. The lowest BCUT2D eigenvalue weighted by Crippen LogP contribution is -2.19. The van der Waals surface area contributed by atoms with Crippen LogP contribution >= 0.6 is 0 Å². The number of carbonyl (C=O) groups is 1. The Balaban J connectivity index is 3.39. The molecule has 1 aromatic rings. The highest BCUT2D eigenvalue weighted by atomic mass is 19.4. The topological polar surface area (TPSA) is 70.3 Å². The molecule has 18 heavy (non-hydrogen) atoms. The van der Waals surface area contributed by atoms with E-state index in [2.05, 4.69) is 4.74 Å². The molecule has 0 saturated carbocycles. The van der Waals surface area contributed by atoms with Gasteiger partial charge in [-0.15, -0.1) is 13.2 Å². The number of benzene rings is 1. The van der Waals surface area contributed by atoms with Gasteiger partial charge in [-0.1, -0.05) is 6.92 Å². The smallest absolute Gasteiger partial charge is 0.478 e. The van der Waals surface area contributed by atoms with E-state index in [4.69, 9.17) is 10.4 Å². The van der Waals surface area contributed by atoms with Crippen molar-refractivity contribution in [3.05, 3.63) is 28.8 Å². The number of hydrogen-bond acceptors (Lipinski definition) is 3. The van der Waals surface area contributed by atoms with Crippen molar-refractivity contribution >= 4 is 5.97 Å². The first-order valence-electron chi connectivity index (χ1n) is 4.84. The van der Waals surface area contributed by atoms with Crippen LogP contribution in [0.5, 0.6) is 5.75 Å². The standard InChI is InChI=1S/C11H8F3NO3/c1-2-6-3-8(10(16)17)9(4-7(6)5-15)18-11(12,13)14/h3-4H,2H2,1H3,(H,16,17). The minimum Gasteiger partial charge on any atom is -0.478 e. The van der Waals surface area contributed by atoms with Gasteiger partial charge in [0.2, 0.25) is 0 Å². The van der Waals surface area contributed by atoms with E-state index in [9.17, 15) is 18.0 Å². The van der Waals surface area contributed by atoms with Gasteiger partial charge in [-0.3, -0.25) is 0 Å². The molecular formula is C11H8F3NO3. The number of carboxylic acids is 1. The zero-order valence-electron chi connectivity index (χ0n) is 9.21. The molecule has 4 nitrogen and oxygen atoms in total. The lowest BCUT2D eigenvalue weighted by Gasteiger charge is -2.13. The highest BCUT2D eigenvalue weighted by Crippen LogP contribution is 2.29. The van der Waals surface area contributed by atoms with Crippen LogP contribution in [-0.2, 0) is 6.42 Å². The van der Waals surface area contributed by atoms with E-state index in [0.717, 1.165) is 12.1 Å². The first-order chi connectivity index (χ1) is 8.28. The van der Waals surface area contributed by atoms with Gasteiger partial charge in [0.25, 0.3) is 0 Å². The van der Waals surface area contributed by atoms with Crippen LogP contribution < -0.4 is 4.74 Å². The maximum atomic E-state index is 12.1. The van der Waals surface area contributed by atoms with Gasteiger partial charge in [-0.25, -0.2) is 4.79 Å². The summed E-state index contributed by atoms with van der Waals surface area (Å²) in [5.41, 5.74) is -0.311. The second kappa shape index (κ2) is 4.96. The third kappa shape index (κ3) is 3.13. The number of nitrogens with zero attached hydrogens (tertiary/aromatic N) is 1. The molecule has 0 bridgehead atoms. The summed E-state index contributed by atoms with van der Waals surface area (Å²) >= 11 is 0. The van der Waals surface area contributed by atoms with Crippen LogP contribution in [-0.4, -0.2) is 17.4 Å². The lowest BCUT2D eigenvalue weighted by atomic mass is 10.0. The average molecular weight is 259 g/mol. The Morgan fingerprint density at radius 3 is 2.50 bits per heavy atom. The third-order valence-corrected chi connectivity index (χ3v) is 2.16. The molecule has 0 aliphatic rings. The number of aryl methyl sites for hydroxylation is 1. The fraction of sp³-hybridized carbons (Fsp3) is 0.273. The highest BCUT2D eigenvalue weighted by molar-refractivity contribution is 5.91. The molecular weight excluding hydrogens is 251 g/mol. The summed E-state index contributed by atoms with van der Waals surface area (Å²) in [4.78, 5) is 10.8. The normalized spacial score (nSPS) is 10.8. The summed E-state index contributed by atoms with van der Waals surface area (Å²) in [6.07, 6.45) is -4.68. The Morgan fingerprint density at radius 2 is 2.11 bits per heavy atom. The Bertz CT molecular complexity index is 517. The van der Waals surface area contributed by atoms with E-state index in [1.165, 1.54) is 0 Å². The van der Waals surface area contributed by atoms with Crippen molar-refractivity contribution < 1.29 is 27.8 Å². The number of nitriles is 1. The maximum Gasteiger partial charge on any atom is 0.573 e. The molecule has 0 heterocycles. The third-order valence-electron chi connectivity index (χ3n) is 2.16. The Hall–Kier alpha value is -2.23. The molecule has 0 unspecified atom stereocenters. The molecule has 0 atom stereocenters. The van der Waals surface area contributed by atoms with Crippen LogP contribution in [0.2, 0.25) is 0 Å². The summed E-state index contributed by atoms with van der Waals surface area (Å²) < 4.78 is 39.9. The van der Waals surface area contributed by atoms with Gasteiger partial charge in [-0.2, -0.15) is 5.26 Å². The Kier molecular flexibility index (Phi) is 3.81. The number of ether oxygens (including phenoxy) is 1. The van der Waals surface area contributed by atoms with Crippen molar-refractivity contribution in [2.75, 3.05) is 0 Å². The van der Waals surface area contributed by atoms with Crippen molar-refractivity contribution in [2.24, 2.45) is 0 Å². The summed E-state index contributed by atoms with van der Waals surface area (Å²) in [7, 11) is 0. The van der Waals surface area contributed by atoms with E-state index in [-0.39, 0.29) is 5.56 Å². The minimum absolute atomic E-state index is 0.0400. The molecule has 1 aromatic carbocycles. The van der Waals surface area contributed by atoms with Crippen molar-refractivity contribution in [1.82, 2.24) is 0 Å². The molecule has 0 aliphatic carbocycles. The molecule has 7 heteroatoms. The van der Waals surface area contributed by atoms with Crippen LogP contribution in [0.25, 0.3) is 0 Å². The zero-order valence-corrected chi connectivity index (χ0v) is 9.21. The SMILES string of the molecule is CCc1cc(C(=O)O)c(OC(F)(F)F)cc1C#N. The monoisotopic (exact) mass is 259 g/mol. The van der Waals surface area contributed by atoms with E-state index in [1.54, 1.807) is 13.0 Å². The summed E-state index contributed by atoms with van der Waals surface area (Å²) in [6, 6.07) is 3.50. The minimum atomic E-state index is -5.01. The number of aromatic carboxylic acids is 1. The number of carboxylic acid groups (broad SMARTS) is 1. The summed E-state index contributed by atoms with van der Waals surface area (Å²) in [5.74, 6) is -2.43. The molecule has 96 valence electrons. The molecule has 0 aromatic heterocycles. The summed E-state index contributed by atoms with van der Waals surface area (Å²) in [6.45, 7) is 1.66. The molecule has 1 N–H and O–H groups in total. The molecule has 0 amide bonds. The van der Waals surface area contributed by atoms with Gasteiger partial charge in [0.1, 0.15) is 11.3 Å². The van der Waals surface area contributed by atoms with Gasteiger partial charge < -0.3 is 9.84 Å². The van der Waals surface area contributed by atoms with Crippen LogP contribution in [0.4, 0.5) is 13.2 Å². The Labute approximate surface area is 100 Å². The van der Waals surface area contributed by atoms with E-state index in [0.29, 0.717) is 12.0 Å². The van der Waals surface area contributed by atoms with Gasteiger partial charge >= 0.3 is 12.3 Å². The van der Waals surface area contributed by atoms with Gasteiger partial charge in [0.15, 0.2) is 0 Å². The first kappa shape index (κ1) is 13.8. The molecule has 1 rings (SSSR count). The Morgan fingerprint density at radius 1 is 1.50 bits per heavy atom. The largest absolute Gasteiger partial charge is 0.573 e. The van der Waals surface area contributed by atoms with E-state index >= 15 is 0 Å². The number of halogens is 3. The van der Waals surface area contributed by atoms with Gasteiger partial charge in [-0.05, 0) is 24.1 Å². The summed E-state index contributed by atoms with van der Waals surface area (Å²) in [5, 5.41) is 17.6. The molecule has 0 spiro atoms. The van der Waals surface area contributed by atoms with Crippen molar-refractivity contribution in [3.63, 3.8) is 0 Å². The van der Waals surface area contributed by atoms with Crippen LogP contribution in [0.3, 0.4) is 0 Å². The second-order valence-electron chi connectivity index (χ2n) is 3.32. The fourth-order valence-electron chi connectivity index (χ4n) is 1.40. The van der Waals surface area contributed by atoms with Crippen molar-refractivity contribution in [1.29, 1.82) is 5.26 Å². The number of hydrogen-bond donors (Lipinski definition) is 1. The predicted molar refractivity (Wildman–Crippen MR) is 54.2 cm³/mol. The average Bonchev–Trinajstić information content (AvgIpc) is 2.25. The number of alkyl halides is 3. The highest BCUT2D eigenvalue weighted by Gasteiger charge is 2.33. The van der Waals surface area contributed by atoms with Crippen LogP contribution in [0, 0.1) is 11.3 Å². The molecule has 0 saturated heterocycles. The van der Waals surface area contributed by atoms with Crippen LogP contribution in [0.15, 0.2) is 12.1 Å². The quantitative estimate of drug-likeness (QED) is 0.905. The molecule has 0 radical (unpaired) electrons. The second-order valence-corrected chi connectivity index (χ2v) is 3.32. The fourth-order valence-corrected chi connectivity index (χ4v) is 1.40. The van der Waals surface area contributed by atoms with Gasteiger partial charge in [0.05, 0.1) is 11.6 Å². The van der Waals surface area contributed by atoms with E-state index < -0.39 is 23.6 Å². The number of rotatable bonds is 3. The van der Waals surface area contributed by atoms with E-state index in [1.807, 2.05) is 0 Å². The zero-order chi connectivity index (χ0) is 13.9. The molecule has 0 aliphatic heterocycles. The maximum absolute atomic E-state index is 12.1. The van der Waals surface area contributed by atoms with Crippen molar-refractivity contribution in [2.45, 2.75) is 19.7 Å². The predicted octanol–water partition coefficient (Wildman–Crippen LogP) is 2.72. The van der Waals surface area contributed by atoms with Crippen LogP contribution in [0.1, 0.15) is 28.4 Å².